The second-order valence-electron chi connectivity index (χ2n) is 8.52. The fourth-order valence-electron chi connectivity index (χ4n) is 4.40. The third-order valence-electron chi connectivity index (χ3n) is 5.80. The van der Waals surface area contributed by atoms with Crippen LogP contribution in [0, 0.1) is 13.8 Å². The number of aryl methyl sites for hydroxylation is 2. The Morgan fingerprint density at radius 1 is 0.972 bits per heavy atom. The molecule has 1 heterocycles. The van der Waals surface area contributed by atoms with Gasteiger partial charge in [0.2, 0.25) is 0 Å². The van der Waals surface area contributed by atoms with Gasteiger partial charge in [-0.25, -0.2) is 0 Å². The number of ether oxygens (including phenoxy) is 2. The molecule has 0 radical (unpaired) electrons. The van der Waals surface area contributed by atoms with E-state index in [9.17, 15) is 19.5 Å². The first-order valence-corrected chi connectivity index (χ1v) is 11.5. The lowest BCUT2D eigenvalue weighted by atomic mass is 9.94. The Hall–Kier alpha value is -4.10. The van der Waals surface area contributed by atoms with Crippen molar-refractivity contribution in [1.29, 1.82) is 0 Å². The van der Waals surface area contributed by atoms with Crippen LogP contribution in [0.5, 0.6) is 11.5 Å². The minimum absolute atomic E-state index is 0.111. The summed E-state index contributed by atoms with van der Waals surface area (Å²) in [5.74, 6) is -1.91. The Morgan fingerprint density at radius 3 is 2.19 bits per heavy atom. The van der Waals surface area contributed by atoms with Crippen molar-refractivity contribution < 1.29 is 29.0 Å². The molecule has 0 aromatic heterocycles. The smallest absolute Gasteiger partial charge is 0.308 e. The first-order valence-electron chi connectivity index (χ1n) is 11.1. The van der Waals surface area contributed by atoms with Crippen LogP contribution in [0.15, 0.2) is 66.2 Å². The predicted molar refractivity (Wildman–Crippen MR) is 136 cm³/mol. The number of nitrogens with zero attached hydrogens (tertiary/aromatic N) is 1. The number of anilines is 1. The number of aliphatic hydroxyl groups excluding tert-OH is 1. The molecule has 1 saturated heterocycles. The van der Waals surface area contributed by atoms with Gasteiger partial charge in [-0.1, -0.05) is 29.8 Å². The number of esters is 1. The van der Waals surface area contributed by atoms with E-state index in [1.54, 1.807) is 48.5 Å². The maximum atomic E-state index is 13.4. The van der Waals surface area contributed by atoms with Gasteiger partial charge < -0.3 is 14.6 Å². The molecule has 8 heteroatoms. The van der Waals surface area contributed by atoms with Gasteiger partial charge in [0.1, 0.15) is 17.3 Å². The topological polar surface area (TPSA) is 93.1 Å². The lowest BCUT2D eigenvalue weighted by Crippen LogP contribution is -2.29. The van der Waals surface area contributed by atoms with Gasteiger partial charge in [0.05, 0.1) is 24.3 Å². The summed E-state index contributed by atoms with van der Waals surface area (Å²) in [5, 5.41) is 11.7. The van der Waals surface area contributed by atoms with Crippen LogP contribution in [-0.4, -0.2) is 29.9 Å². The number of carbonyl (C=O) groups excluding carboxylic acids is 3. The van der Waals surface area contributed by atoms with Gasteiger partial charge in [-0.05, 0) is 73.0 Å². The van der Waals surface area contributed by atoms with Crippen molar-refractivity contribution in [2.45, 2.75) is 26.8 Å². The molecule has 36 heavy (non-hydrogen) atoms. The zero-order chi connectivity index (χ0) is 26.1. The summed E-state index contributed by atoms with van der Waals surface area (Å²) in [6.07, 6.45) is 0. The van der Waals surface area contributed by atoms with E-state index in [2.05, 4.69) is 0 Å². The molecule has 1 aliphatic heterocycles. The van der Waals surface area contributed by atoms with Crippen LogP contribution in [-0.2, 0) is 14.4 Å². The highest BCUT2D eigenvalue weighted by atomic mass is 35.5. The standard InChI is InChI=1S/C28H24ClNO6/c1-15-11-16(2)13-20(12-15)30-25(18-5-8-21(9-6-18)36-17(3)31)24(27(33)28(30)34)26(32)22-14-19(29)7-10-23(22)35-4/h5-14,25,32H,1-4H3/b26-24+. The second-order valence-corrected chi connectivity index (χ2v) is 8.96. The van der Waals surface area contributed by atoms with Crippen LogP contribution in [0.25, 0.3) is 5.76 Å². The third-order valence-corrected chi connectivity index (χ3v) is 6.04. The van der Waals surface area contributed by atoms with Gasteiger partial charge in [0, 0.05) is 17.6 Å². The summed E-state index contributed by atoms with van der Waals surface area (Å²) >= 11 is 6.17. The number of hydrogen-bond acceptors (Lipinski definition) is 6. The Labute approximate surface area is 213 Å². The van der Waals surface area contributed by atoms with E-state index < -0.39 is 29.5 Å². The fourth-order valence-corrected chi connectivity index (χ4v) is 4.57. The number of aliphatic hydroxyl groups is 1. The fraction of sp³-hybridized carbons (Fsp3) is 0.179. The molecule has 0 bridgehead atoms. The van der Waals surface area contributed by atoms with Gasteiger partial charge in [0.25, 0.3) is 11.7 Å². The largest absolute Gasteiger partial charge is 0.507 e. The van der Waals surface area contributed by atoms with E-state index in [0.29, 0.717) is 27.8 Å². The zero-order valence-corrected chi connectivity index (χ0v) is 20.9. The summed E-state index contributed by atoms with van der Waals surface area (Å²) in [6.45, 7) is 5.08. The lowest BCUT2D eigenvalue weighted by molar-refractivity contribution is -0.132. The molecule has 1 aliphatic rings. The van der Waals surface area contributed by atoms with Crippen LogP contribution >= 0.6 is 11.6 Å². The molecule has 1 N–H and O–H groups in total. The van der Waals surface area contributed by atoms with E-state index in [-0.39, 0.29) is 11.1 Å². The van der Waals surface area contributed by atoms with Crippen molar-refractivity contribution >= 4 is 40.7 Å². The van der Waals surface area contributed by atoms with Crippen LogP contribution in [0.2, 0.25) is 5.02 Å². The van der Waals surface area contributed by atoms with Crippen molar-refractivity contribution in [3.8, 4) is 11.5 Å². The van der Waals surface area contributed by atoms with E-state index in [0.717, 1.165) is 11.1 Å². The summed E-state index contributed by atoms with van der Waals surface area (Å²) in [7, 11) is 1.43. The number of hydrogen-bond donors (Lipinski definition) is 1. The average molecular weight is 506 g/mol. The zero-order valence-electron chi connectivity index (χ0n) is 20.2. The maximum absolute atomic E-state index is 13.4. The number of benzene rings is 3. The van der Waals surface area contributed by atoms with Crippen LogP contribution < -0.4 is 14.4 Å². The number of halogens is 1. The number of ketones is 1. The first-order chi connectivity index (χ1) is 17.1. The maximum Gasteiger partial charge on any atom is 0.308 e. The first kappa shape index (κ1) is 25.0. The van der Waals surface area contributed by atoms with Crippen molar-refractivity contribution in [2.75, 3.05) is 12.0 Å². The normalized spacial score (nSPS) is 16.8. The molecule has 1 fully saturated rings. The van der Waals surface area contributed by atoms with Crippen molar-refractivity contribution in [2.24, 2.45) is 0 Å². The quantitative estimate of drug-likeness (QED) is 0.161. The molecule has 3 aromatic carbocycles. The Balaban J connectivity index is 1.96. The predicted octanol–water partition coefficient (Wildman–Crippen LogP) is 5.52. The molecule has 1 unspecified atom stereocenters. The Kier molecular flexibility index (Phi) is 6.86. The highest BCUT2D eigenvalue weighted by Crippen LogP contribution is 2.44. The van der Waals surface area contributed by atoms with E-state index in [4.69, 9.17) is 21.1 Å². The van der Waals surface area contributed by atoms with Crippen LogP contribution in [0.1, 0.15) is 35.2 Å². The Morgan fingerprint density at radius 2 is 1.61 bits per heavy atom. The molecule has 0 saturated carbocycles. The highest BCUT2D eigenvalue weighted by molar-refractivity contribution is 6.51. The molecular weight excluding hydrogens is 482 g/mol. The molecule has 4 rings (SSSR count). The number of Topliss-reactive ketones (excluding diaryl/α,β-unsaturated/α-hetero) is 1. The van der Waals surface area contributed by atoms with Gasteiger partial charge in [-0.2, -0.15) is 0 Å². The van der Waals surface area contributed by atoms with E-state index in [1.807, 2.05) is 19.9 Å². The monoisotopic (exact) mass is 505 g/mol. The summed E-state index contributed by atoms with van der Waals surface area (Å²) < 4.78 is 10.5. The summed E-state index contributed by atoms with van der Waals surface area (Å²) in [5.41, 5.74) is 2.94. The average Bonchev–Trinajstić information content (AvgIpc) is 3.08. The number of methoxy groups -OCH3 is 1. The second kappa shape index (κ2) is 9.87. The van der Waals surface area contributed by atoms with Gasteiger partial charge in [0.15, 0.2) is 0 Å². The van der Waals surface area contributed by atoms with Gasteiger partial charge in [-0.15, -0.1) is 0 Å². The van der Waals surface area contributed by atoms with Gasteiger partial charge in [-0.3, -0.25) is 19.3 Å². The SMILES string of the molecule is COc1ccc(Cl)cc1/C(O)=C1\C(=O)C(=O)N(c2cc(C)cc(C)c2)C1c1ccc(OC(C)=O)cc1. The van der Waals surface area contributed by atoms with E-state index in [1.165, 1.54) is 25.0 Å². The number of rotatable bonds is 5. The molecule has 1 atom stereocenters. The van der Waals surface area contributed by atoms with Crippen molar-refractivity contribution in [3.05, 3.63) is 93.5 Å². The number of carbonyl (C=O) groups is 3. The molecule has 0 spiro atoms. The lowest BCUT2D eigenvalue weighted by Gasteiger charge is -2.26. The molecule has 184 valence electrons. The minimum Gasteiger partial charge on any atom is -0.507 e. The molecule has 0 aliphatic carbocycles. The number of amides is 1. The summed E-state index contributed by atoms with van der Waals surface area (Å²) in [6, 6.07) is 15.7. The van der Waals surface area contributed by atoms with E-state index >= 15 is 0 Å². The van der Waals surface area contributed by atoms with Crippen molar-refractivity contribution in [3.63, 3.8) is 0 Å². The summed E-state index contributed by atoms with van der Waals surface area (Å²) in [4.78, 5) is 39.5. The van der Waals surface area contributed by atoms with Gasteiger partial charge >= 0.3 is 5.97 Å². The highest BCUT2D eigenvalue weighted by Gasteiger charge is 2.47. The molecule has 3 aromatic rings. The Bertz CT molecular complexity index is 1390. The molecule has 1 amide bonds. The molecular formula is C28H24ClNO6. The minimum atomic E-state index is -0.957. The molecule has 7 nitrogen and oxygen atoms in total. The van der Waals surface area contributed by atoms with Crippen LogP contribution in [0.3, 0.4) is 0 Å². The van der Waals surface area contributed by atoms with Crippen molar-refractivity contribution in [1.82, 2.24) is 0 Å². The van der Waals surface area contributed by atoms with Crippen LogP contribution in [0.4, 0.5) is 5.69 Å². The third kappa shape index (κ3) is 4.70.